The van der Waals surface area contributed by atoms with Gasteiger partial charge in [0, 0.05) is 9.89 Å². The van der Waals surface area contributed by atoms with Gasteiger partial charge in [-0.15, -0.1) is 0 Å². The average molecular weight is 408 g/mol. The molecule has 0 aliphatic rings. The molecule has 0 spiro atoms. The van der Waals surface area contributed by atoms with Crippen LogP contribution < -0.4 is 10.5 Å². The minimum atomic E-state index is -0.285. The minimum absolute atomic E-state index is 0.272. The van der Waals surface area contributed by atoms with Gasteiger partial charge in [0.15, 0.2) is 0 Å². The molecule has 0 amide bonds. The molecule has 1 aromatic rings. The van der Waals surface area contributed by atoms with E-state index in [1.54, 1.807) is 0 Å². The van der Waals surface area contributed by atoms with Crippen molar-refractivity contribution in [3.63, 3.8) is 0 Å². The fraction of sp³-hybridized carbons (Fsp3) is 0.500. The van der Waals surface area contributed by atoms with E-state index in [1.807, 2.05) is 32.0 Å². The van der Waals surface area contributed by atoms with Gasteiger partial charge < -0.3 is 15.7 Å². The fourth-order valence-corrected chi connectivity index (χ4v) is 2.87. The standard InChI is InChI=1S/C14H20Br2N2O2/c1-14(2,13(17)18-19)7-3-4-8-20-12-6-5-10(15)9-11(12)16/h5-6,9,19H,3-4,7-8H2,1-2H3,(H2,17,18). The SMILES string of the molecule is CC(C)(CCCCOc1ccc(Br)cc1Br)/C(N)=N/O. The average Bonchev–Trinajstić information content (AvgIpc) is 2.39. The number of ether oxygens (including phenoxy) is 1. The third kappa shape index (κ3) is 5.32. The molecule has 0 bridgehead atoms. The van der Waals surface area contributed by atoms with Crippen LogP contribution in [0.4, 0.5) is 0 Å². The molecular formula is C14H20Br2N2O2. The van der Waals surface area contributed by atoms with Gasteiger partial charge in [0.05, 0.1) is 11.1 Å². The Morgan fingerprint density at radius 3 is 2.65 bits per heavy atom. The first kappa shape index (κ1) is 17.3. The van der Waals surface area contributed by atoms with Crippen molar-refractivity contribution in [1.82, 2.24) is 0 Å². The van der Waals surface area contributed by atoms with Crippen molar-refractivity contribution in [2.45, 2.75) is 33.1 Å². The second kappa shape index (κ2) is 7.88. The fourth-order valence-electron chi connectivity index (χ4n) is 1.71. The highest BCUT2D eigenvalue weighted by Gasteiger charge is 2.22. The van der Waals surface area contributed by atoms with Gasteiger partial charge in [-0.1, -0.05) is 34.9 Å². The zero-order valence-electron chi connectivity index (χ0n) is 11.7. The third-order valence-electron chi connectivity index (χ3n) is 3.15. The number of benzene rings is 1. The Morgan fingerprint density at radius 1 is 1.35 bits per heavy atom. The first-order valence-corrected chi connectivity index (χ1v) is 8.01. The highest BCUT2D eigenvalue weighted by atomic mass is 79.9. The summed E-state index contributed by atoms with van der Waals surface area (Å²) in [6, 6.07) is 5.83. The van der Waals surface area contributed by atoms with Crippen molar-refractivity contribution in [3.8, 4) is 5.75 Å². The largest absolute Gasteiger partial charge is 0.492 e. The highest BCUT2D eigenvalue weighted by molar-refractivity contribution is 9.11. The molecule has 0 aliphatic heterocycles. The maximum Gasteiger partial charge on any atom is 0.144 e. The molecule has 0 saturated carbocycles. The number of nitrogens with two attached hydrogens (primary N) is 1. The van der Waals surface area contributed by atoms with E-state index >= 15 is 0 Å². The quantitative estimate of drug-likeness (QED) is 0.229. The Hall–Kier alpha value is -0.750. The number of unbranched alkanes of at least 4 members (excludes halogenated alkanes) is 1. The molecule has 6 heteroatoms. The maximum atomic E-state index is 8.70. The van der Waals surface area contributed by atoms with E-state index in [1.165, 1.54) is 0 Å². The number of hydrogen-bond donors (Lipinski definition) is 2. The van der Waals surface area contributed by atoms with E-state index in [9.17, 15) is 0 Å². The number of nitrogens with zero attached hydrogens (tertiary/aromatic N) is 1. The van der Waals surface area contributed by atoms with Gasteiger partial charge in [-0.05, 0) is 53.4 Å². The van der Waals surface area contributed by atoms with Crippen molar-refractivity contribution in [3.05, 3.63) is 27.1 Å². The summed E-state index contributed by atoms with van der Waals surface area (Å²) >= 11 is 6.86. The maximum absolute atomic E-state index is 8.70. The van der Waals surface area contributed by atoms with Crippen molar-refractivity contribution in [1.29, 1.82) is 0 Å². The van der Waals surface area contributed by atoms with Gasteiger partial charge >= 0.3 is 0 Å². The summed E-state index contributed by atoms with van der Waals surface area (Å²) in [7, 11) is 0. The highest BCUT2D eigenvalue weighted by Crippen LogP contribution is 2.28. The predicted molar refractivity (Wildman–Crippen MR) is 88.4 cm³/mol. The molecule has 0 radical (unpaired) electrons. The minimum Gasteiger partial charge on any atom is -0.492 e. The Morgan fingerprint density at radius 2 is 2.05 bits per heavy atom. The molecule has 20 heavy (non-hydrogen) atoms. The van der Waals surface area contributed by atoms with E-state index in [0.717, 1.165) is 34.0 Å². The monoisotopic (exact) mass is 406 g/mol. The number of amidine groups is 1. The van der Waals surface area contributed by atoms with Crippen LogP contribution in [0.3, 0.4) is 0 Å². The zero-order valence-corrected chi connectivity index (χ0v) is 14.9. The van der Waals surface area contributed by atoms with Gasteiger partial charge in [-0.3, -0.25) is 0 Å². The van der Waals surface area contributed by atoms with Crippen molar-refractivity contribution in [2.75, 3.05) is 6.61 Å². The molecule has 1 aromatic carbocycles. The normalized spacial score (nSPS) is 12.5. The summed E-state index contributed by atoms with van der Waals surface area (Å²) < 4.78 is 7.66. The van der Waals surface area contributed by atoms with Crippen LogP contribution in [0, 0.1) is 5.41 Å². The number of oxime groups is 1. The Balaban J connectivity index is 2.32. The Labute approximate surface area is 136 Å². The smallest absolute Gasteiger partial charge is 0.144 e. The summed E-state index contributed by atoms with van der Waals surface area (Å²) in [6.45, 7) is 4.58. The van der Waals surface area contributed by atoms with E-state index in [-0.39, 0.29) is 11.3 Å². The Bertz CT molecular complexity index is 476. The lowest BCUT2D eigenvalue weighted by molar-refractivity contribution is 0.287. The number of hydrogen-bond acceptors (Lipinski definition) is 3. The van der Waals surface area contributed by atoms with Crippen LogP contribution in [0.5, 0.6) is 5.75 Å². The van der Waals surface area contributed by atoms with E-state index < -0.39 is 0 Å². The second-order valence-electron chi connectivity index (χ2n) is 5.25. The number of halogens is 2. The molecule has 0 heterocycles. The van der Waals surface area contributed by atoms with Crippen molar-refractivity contribution >= 4 is 37.7 Å². The zero-order chi connectivity index (χ0) is 15.2. The topological polar surface area (TPSA) is 67.8 Å². The lowest BCUT2D eigenvalue weighted by Crippen LogP contribution is -2.31. The van der Waals surface area contributed by atoms with Crippen LogP contribution in [0.15, 0.2) is 32.3 Å². The molecular weight excluding hydrogens is 388 g/mol. The predicted octanol–water partition coefficient (Wildman–Crippen LogP) is 4.53. The van der Waals surface area contributed by atoms with Crippen LogP contribution in [-0.2, 0) is 0 Å². The Kier molecular flexibility index (Phi) is 6.82. The molecule has 0 atom stereocenters. The molecule has 112 valence electrons. The van der Waals surface area contributed by atoms with Gasteiger partial charge in [-0.2, -0.15) is 0 Å². The van der Waals surface area contributed by atoms with Crippen LogP contribution in [0.25, 0.3) is 0 Å². The second-order valence-corrected chi connectivity index (χ2v) is 7.02. The summed E-state index contributed by atoms with van der Waals surface area (Å²) in [6.07, 6.45) is 2.73. The number of rotatable bonds is 7. The first-order chi connectivity index (χ1) is 9.36. The summed E-state index contributed by atoms with van der Waals surface area (Å²) in [4.78, 5) is 0. The summed E-state index contributed by atoms with van der Waals surface area (Å²) in [5.74, 6) is 1.11. The summed E-state index contributed by atoms with van der Waals surface area (Å²) in [5.41, 5.74) is 5.36. The van der Waals surface area contributed by atoms with E-state index in [4.69, 9.17) is 15.7 Å². The summed E-state index contributed by atoms with van der Waals surface area (Å²) in [5, 5.41) is 11.8. The van der Waals surface area contributed by atoms with Gasteiger partial charge in [0.1, 0.15) is 11.6 Å². The van der Waals surface area contributed by atoms with Gasteiger partial charge in [0.25, 0.3) is 0 Å². The molecule has 0 aromatic heterocycles. The molecule has 4 nitrogen and oxygen atoms in total. The van der Waals surface area contributed by atoms with Gasteiger partial charge in [-0.25, -0.2) is 0 Å². The lowest BCUT2D eigenvalue weighted by atomic mass is 9.86. The van der Waals surface area contributed by atoms with E-state index in [0.29, 0.717) is 6.61 Å². The third-order valence-corrected chi connectivity index (χ3v) is 4.26. The van der Waals surface area contributed by atoms with Crippen LogP contribution in [0.1, 0.15) is 33.1 Å². The molecule has 0 unspecified atom stereocenters. The molecule has 0 saturated heterocycles. The van der Waals surface area contributed by atoms with Crippen LogP contribution >= 0.6 is 31.9 Å². The molecule has 3 N–H and O–H groups in total. The van der Waals surface area contributed by atoms with Crippen molar-refractivity contribution in [2.24, 2.45) is 16.3 Å². The first-order valence-electron chi connectivity index (χ1n) is 6.42. The lowest BCUT2D eigenvalue weighted by Gasteiger charge is -2.22. The molecule has 1 rings (SSSR count). The van der Waals surface area contributed by atoms with E-state index in [2.05, 4.69) is 37.0 Å². The van der Waals surface area contributed by atoms with Gasteiger partial charge in [0.2, 0.25) is 0 Å². The van der Waals surface area contributed by atoms with Crippen LogP contribution in [-0.4, -0.2) is 17.6 Å². The van der Waals surface area contributed by atoms with Crippen molar-refractivity contribution < 1.29 is 9.94 Å². The molecule has 0 aliphatic carbocycles. The molecule has 0 fully saturated rings. The van der Waals surface area contributed by atoms with Crippen LogP contribution in [0.2, 0.25) is 0 Å².